The summed E-state index contributed by atoms with van der Waals surface area (Å²) in [5.41, 5.74) is 0.714. The van der Waals surface area contributed by atoms with Crippen LogP contribution >= 0.6 is 12.2 Å². The van der Waals surface area contributed by atoms with E-state index in [0.29, 0.717) is 17.1 Å². The van der Waals surface area contributed by atoms with Gasteiger partial charge < -0.3 is 10.1 Å². The molecule has 18 heavy (non-hydrogen) atoms. The van der Waals surface area contributed by atoms with Gasteiger partial charge in [0, 0.05) is 30.8 Å². The van der Waals surface area contributed by atoms with Gasteiger partial charge >= 0.3 is 0 Å². The number of nitrogens with zero attached hydrogens (tertiary/aromatic N) is 1. The number of hydrogen-bond acceptors (Lipinski definition) is 4. The first kappa shape index (κ1) is 12.9. The number of ether oxygens (including phenoxy) is 1. The van der Waals surface area contributed by atoms with Gasteiger partial charge in [-0.15, -0.1) is 0 Å². The van der Waals surface area contributed by atoms with Crippen LogP contribution in [0.15, 0.2) is 24.3 Å². The predicted octanol–water partition coefficient (Wildman–Crippen LogP) is 2.04. The van der Waals surface area contributed by atoms with Crippen molar-refractivity contribution in [2.75, 3.05) is 13.2 Å². The molecule has 0 spiro atoms. The number of benzene rings is 1. The largest absolute Gasteiger partial charge is 0.376 e. The molecule has 1 aliphatic rings. The second-order valence-corrected chi connectivity index (χ2v) is 4.56. The number of thiocarbonyl (C=S) groups is 1. The number of rotatable bonds is 4. The van der Waals surface area contributed by atoms with E-state index in [9.17, 15) is 10.1 Å². The van der Waals surface area contributed by atoms with Crippen molar-refractivity contribution in [2.24, 2.45) is 0 Å². The summed E-state index contributed by atoms with van der Waals surface area (Å²) in [5, 5.41) is 13.8. The molecule has 0 radical (unpaired) electrons. The third kappa shape index (κ3) is 3.24. The Morgan fingerprint density at radius 1 is 1.61 bits per heavy atom. The summed E-state index contributed by atoms with van der Waals surface area (Å²) in [6.45, 7) is 1.46. The van der Waals surface area contributed by atoms with Gasteiger partial charge in [-0.3, -0.25) is 10.1 Å². The van der Waals surface area contributed by atoms with Gasteiger partial charge in [0.1, 0.15) is 4.99 Å². The minimum Gasteiger partial charge on any atom is -0.376 e. The first-order chi connectivity index (χ1) is 8.66. The molecule has 1 aromatic rings. The van der Waals surface area contributed by atoms with Crippen molar-refractivity contribution in [1.82, 2.24) is 5.32 Å². The lowest BCUT2D eigenvalue weighted by atomic mass is 10.2. The second-order valence-electron chi connectivity index (χ2n) is 4.15. The molecule has 1 atom stereocenters. The highest BCUT2D eigenvalue weighted by Crippen LogP contribution is 2.14. The van der Waals surface area contributed by atoms with Crippen LogP contribution in [0.3, 0.4) is 0 Å². The van der Waals surface area contributed by atoms with Crippen LogP contribution in [0.2, 0.25) is 0 Å². The zero-order valence-corrected chi connectivity index (χ0v) is 10.6. The quantitative estimate of drug-likeness (QED) is 0.513. The molecule has 0 unspecified atom stereocenters. The van der Waals surface area contributed by atoms with Crippen LogP contribution < -0.4 is 5.32 Å². The zero-order valence-electron chi connectivity index (χ0n) is 9.80. The molecule has 5 nitrogen and oxygen atoms in total. The van der Waals surface area contributed by atoms with Crippen molar-refractivity contribution in [1.29, 1.82) is 0 Å². The summed E-state index contributed by atoms with van der Waals surface area (Å²) in [5.74, 6) is 0. The highest BCUT2D eigenvalue weighted by atomic mass is 32.1. The molecule has 1 saturated heterocycles. The summed E-state index contributed by atoms with van der Waals surface area (Å²) >= 11 is 5.21. The van der Waals surface area contributed by atoms with E-state index >= 15 is 0 Å². The summed E-state index contributed by atoms with van der Waals surface area (Å²) < 4.78 is 5.47. The van der Waals surface area contributed by atoms with Gasteiger partial charge in [0.05, 0.1) is 11.0 Å². The normalized spacial score (nSPS) is 18.6. The molecule has 0 aliphatic carbocycles. The molecule has 1 aromatic carbocycles. The Morgan fingerprint density at radius 3 is 3.11 bits per heavy atom. The van der Waals surface area contributed by atoms with Crippen LogP contribution in [-0.2, 0) is 4.74 Å². The van der Waals surface area contributed by atoms with Crippen LogP contribution in [0.1, 0.15) is 18.4 Å². The minimum absolute atomic E-state index is 0.0498. The van der Waals surface area contributed by atoms with Gasteiger partial charge in [0.2, 0.25) is 0 Å². The van der Waals surface area contributed by atoms with Crippen molar-refractivity contribution in [2.45, 2.75) is 18.9 Å². The van der Waals surface area contributed by atoms with E-state index in [1.54, 1.807) is 12.1 Å². The lowest BCUT2D eigenvalue weighted by Gasteiger charge is -2.12. The van der Waals surface area contributed by atoms with Gasteiger partial charge in [0.15, 0.2) is 0 Å². The van der Waals surface area contributed by atoms with Gasteiger partial charge in [-0.25, -0.2) is 0 Å². The van der Waals surface area contributed by atoms with Gasteiger partial charge in [-0.2, -0.15) is 0 Å². The molecular formula is C12H14N2O3S. The topological polar surface area (TPSA) is 64.4 Å². The van der Waals surface area contributed by atoms with Crippen molar-refractivity contribution in [3.8, 4) is 0 Å². The number of nitro groups is 1. The predicted molar refractivity (Wildman–Crippen MR) is 71.8 cm³/mol. The molecule has 1 fully saturated rings. The van der Waals surface area contributed by atoms with Crippen molar-refractivity contribution >= 4 is 22.9 Å². The molecular weight excluding hydrogens is 252 g/mol. The lowest BCUT2D eigenvalue weighted by Crippen LogP contribution is -2.31. The Balaban J connectivity index is 1.95. The fourth-order valence-corrected chi connectivity index (χ4v) is 2.08. The number of hydrogen-bond donors (Lipinski definition) is 1. The summed E-state index contributed by atoms with van der Waals surface area (Å²) in [4.78, 5) is 10.8. The molecule has 1 aliphatic heterocycles. The standard InChI is InChI=1S/C12H14N2O3S/c15-14(16)10-4-1-3-9(7-10)12(18)13-8-11-5-2-6-17-11/h1,3-4,7,11H,2,5-6,8H2,(H,13,18)/t11-/m0/s1. The Morgan fingerprint density at radius 2 is 2.44 bits per heavy atom. The first-order valence-electron chi connectivity index (χ1n) is 5.81. The maximum Gasteiger partial charge on any atom is 0.270 e. The highest BCUT2D eigenvalue weighted by Gasteiger charge is 2.16. The van der Waals surface area contributed by atoms with Gasteiger partial charge in [-0.1, -0.05) is 24.4 Å². The summed E-state index contributed by atoms with van der Waals surface area (Å²) in [6, 6.07) is 6.32. The average Bonchev–Trinajstić information content (AvgIpc) is 2.89. The molecule has 0 aromatic heterocycles. The fourth-order valence-electron chi connectivity index (χ4n) is 1.87. The molecule has 2 rings (SSSR count). The summed E-state index contributed by atoms with van der Waals surface area (Å²) in [6.07, 6.45) is 2.31. The molecule has 96 valence electrons. The van der Waals surface area contributed by atoms with Crippen LogP contribution in [-0.4, -0.2) is 29.2 Å². The van der Waals surface area contributed by atoms with Gasteiger partial charge in [-0.05, 0) is 12.8 Å². The summed E-state index contributed by atoms with van der Waals surface area (Å²) in [7, 11) is 0. The van der Waals surface area contributed by atoms with E-state index in [1.165, 1.54) is 12.1 Å². The minimum atomic E-state index is -0.424. The molecule has 1 heterocycles. The van der Waals surface area contributed by atoms with Crippen molar-refractivity contribution in [3.63, 3.8) is 0 Å². The SMILES string of the molecule is O=[N+]([O-])c1cccc(C(=S)NC[C@@H]2CCCO2)c1. The highest BCUT2D eigenvalue weighted by molar-refractivity contribution is 7.80. The molecule has 6 heteroatoms. The molecule has 1 N–H and O–H groups in total. The van der Waals surface area contributed by atoms with E-state index in [4.69, 9.17) is 17.0 Å². The number of nitro benzene ring substituents is 1. The Labute approximate surface area is 110 Å². The Bertz CT molecular complexity index is 458. The maximum absolute atomic E-state index is 10.7. The second kappa shape index (κ2) is 5.88. The Kier molecular flexibility index (Phi) is 4.22. The van der Waals surface area contributed by atoms with Crippen LogP contribution in [0, 0.1) is 10.1 Å². The number of nitrogens with one attached hydrogen (secondary N) is 1. The average molecular weight is 266 g/mol. The third-order valence-electron chi connectivity index (χ3n) is 2.83. The zero-order chi connectivity index (χ0) is 13.0. The van der Waals surface area contributed by atoms with E-state index in [1.807, 2.05) is 0 Å². The molecule has 0 amide bonds. The van der Waals surface area contributed by atoms with E-state index in [2.05, 4.69) is 5.32 Å². The smallest absolute Gasteiger partial charge is 0.270 e. The van der Waals surface area contributed by atoms with Gasteiger partial charge in [0.25, 0.3) is 5.69 Å². The third-order valence-corrected chi connectivity index (χ3v) is 3.21. The maximum atomic E-state index is 10.7. The first-order valence-corrected chi connectivity index (χ1v) is 6.22. The fraction of sp³-hybridized carbons (Fsp3) is 0.417. The lowest BCUT2D eigenvalue weighted by molar-refractivity contribution is -0.384. The molecule has 0 bridgehead atoms. The van der Waals surface area contributed by atoms with Crippen LogP contribution in [0.5, 0.6) is 0 Å². The Hall–Kier alpha value is -1.53. The van der Waals surface area contributed by atoms with Crippen LogP contribution in [0.25, 0.3) is 0 Å². The van der Waals surface area contributed by atoms with E-state index in [0.717, 1.165) is 19.4 Å². The van der Waals surface area contributed by atoms with E-state index < -0.39 is 4.92 Å². The van der Waals surface area contributed by atoms with Crippen LogP contribution in [0.4, 0.5) is 5.69 Å². The van der Waals surface area contributed by atoms with Crippen molar-refractivity contribution < 1.29 is 9.66 Å². The van der Waals surface area contributed by atoms with Crippen molar-refractivity contribution in [3.05, 3.63) is 39.9 Å². The number of non-ortho nitro benzene ring substituents is 1. The molecule has 0 saturated carbocycles. The monoisotopic (exact) mass is 266 g/mol. The van der Waals surface area contributed by atoms with E-state index in [-0.39, 0.29) is 11.8 Å².